The van der Waals surface area contributed by atoms with Crippen LogP contribution in [0.5, 0.6) is 0 Å². The molecule has 0 saturated carbocycles. The van der Waals surface area contributed by atoms with E-state index in [1.165, 1.54) is 0 Å². The standard InChI is InChI=1S/C12H24N2O2/c1-10(2)13-12(15)14(3)7-4-11-5-8-16-9-6-11/h10-11H,4-9H2,1-3H3,(H,13,15). The number of carbonyl (C=O) groups excluding carboxylic acids is 1. The van der Waals surface area contributed by atoms with Crippen molar-refractivity contribution in [1.82, 2.24) is 10.2 Å². The molecule has 0 unspecified atom stereocenters. The summed E-state index contributed by atoms with van der Waals surface area (Å²) in [5.41, 5.74) is 0. The van der Waals surface area contributed by atoms with E-state index in [-0.39, 0.29) is 12.1 Å². The second kappa shape index (κ2) is 6.74. The fourth-order valence-corrected chi connectivity index (χ4v) is 1.87. The molecule has 4 nitrogen and oxygen atoms in total. The minimum absolute atomic E-state index is 0.0297. The van der Waals surface area contributed by atoms with Crippen LogP contribution in [0.2, 0.25) is 0 Å². The molecule has 0 bridgehead atoms. The van der Waals surface area contributed by atoms with E-state index in [0.29, 0.717) is 0 Å². The van der Waals surface area contributed by atoms with Crippen molar-refractivity contribution in [3.63, 3.8) is 0 Å². The second-order valence-corrected chi connectivity index (χ2v) is 4.87. The molecule has 2 amide bonds. The average Bonchev–Trinajstić information content (AvgIpc) is 2.26. The monoisotopic (exact) mass is 228 g/mol. The quantitative estimate of drug-likeness (QED) is 0.798. The summed E-state index contributed by atoms with van der Waals surface area (Å²) in [4.78, 5) is 13.4. The highest BCUT2D eigenvalue weighted by atomic mass is 16.5. The van der Waals surface area contributed by atoms with Gasteiger partial charge in [-0.25, -0.2) is 4.79 Å². The molecular formula is C12H24N2O2. The molecule has 1 aliphatic rings. The first-order valence-electron chi connectivity index (χ1n) is 6.19. The van der Waals surface area contributed by atoms with Crippen LogP contribution >= 0.6 is 0 Å². The van der Waals surface area contributed by atoms with E-state index in [4.69, 9.17) is 4.74 Å². The maximum Gasteiger partial charge on any atom is 0.317 e. The topological polar surface area (TPSA) is 41.6 Å². The fourth-order valence-electron chi connectivity index (χ4n) is 1.87. The Balaban J connectivity index is 2.17. The largest absolute Gasteiger partial charge is 0.381 e. The van der Waals surface area contributed by atoms with Crippen molar-refractivity contribution in [3.8, 4) is 0 Å². The smallest absolute Gasteiger partial charge is 0.317 e. The van der Waals surface area contributed by atoms with E-state index < -0.39 is 0 Å². The van der Waals surface area contributed by atoms with Gasteiger partial charge in [0.2, 0.25) is 0 Å². The number of nitrogens with zero attached hydrogens (tertiary/aromatic N) is 1. The van der Waals surface area contributed by atoms with Crippen LogP contribution in [-0.4, -0.2) is 43.8 Å². The molecule has 94 valence electrons. The van der Waals surface area contributed by atoms with Crippen LogP contribution in [0.15, 0.2) is 0 Å². The van der Waals surface area contributed by atoms with E-state index >= 15 is 0 Å². The van der Waals surface area contributed by atoms with Gasteiger partial charge in [-0.1, -0.05) is 0 Å². The molecule has 16 heavy (non-hydrogen) atoms. The Morgan fingerprint density at radius 1 is 1.44 bits per heavy atom. The molecule has 1 N–H and O–H groups in total. The zero-order valence-corrected chi connectivity index (χ0v) is 10.7. The number of hydrogen-bond donors (Lipinski definition) is 1. The molecule has 1 fully saturated rings. The first-order chi connectivity index (χ1) is 7.59. The van der Waals surface area contributed by atoms with Gasteiger partial charge in [-0.2, -0.15) is 0 Å². The molecule has 0 atom stereocenters. The summed E-state index contributed by atoms with van der Waals surface area (Å²) in [6, 6.07) is 0.236. The molecule has 1 heterocycles. The Morgan fingerprint density at radius 3 is 2.62 bits per heavy atom. The van der Waals surface area contributed by atoms with Crippen LogP contribution in [0.4, 0.5) is 4.79 Å². The van der Waals surface area contributed by atoms with E-state index in [1.54, 1.807) is 4.90 Å². The minimum Gasteiger partial charge on any atom is -0.381 e. The maximum absolute atomic E-state index is 11.6. The van der Waals surface area contributed by atoms with Gasteiger partial charge in [0.15, 0.2) is 0 Å². The normalized spacial score (nSPS) is 17.5. The maximum atomic E-state index is 11.6. The molecule has 0 radical (unpaired) electrons. The van der Waals surface area contributed by atoms with E-state index in [0.717, 1.165) is 44.9 Å². The predicted molar refractivity (Wildman–Crippen MR) is 64.5 cm³/mol. The van der Waals surface area contributed by atoms with Crippen molar-refractivity contribution in [2.75, 3.05) is 26.8 Å². The van der Waals surface area contributed by atoms with Gasteiger partial charge in [0, 0.05) is 32.8 Å². The van der Waals surface area contributed by atoms with Crippen molar-refractivity contribution in [1.29, 1.82) is 0 Å². The molecule has 1 aliphatic heterocycles. The number of amides is 2. The number of carbonyl (C=O) groups is 1. The molecule has 0 aromatic heterocycles. The molecule has 0 aromatic rings. The summed E-state index contributed by atoms with van der Waals surface area (Å²) >= 11 is 0. The van der Waals surface area contributed by atoms with Gasteiger partial charge in [0.1, 0.15) is 0 Å². The number of hydrogen-bond acceptors (Lipinski definition) is 2. The highest BCUT2D eigenvalue weighted by Crippen LogP contribution is 2.18. The van der Waals surface area contributed by atoms with Crippen molar-refractivity contribution in [2.45, 2.75) is 39.2 Å². The summed E-state index contributed by atoms with van der Waals surface area (Å²) in [6.07, 6.45) is 3.37. The van der Waals surface area contributed by atoms with Crippen molar-refractivity contribution < 1.29 is 9.53 Å². The summed E-state index contributed by atoms with van der Waals surface area (Å²) in [6.45, 7) is 6.55. The lowest BCUT2D eigenvalue weighted by atomic mass is 9.96. The molecule has 0 aromatic carbocycles. The van der Waals surface area contributed by atoms with E-state index in [1.807, 2.05) is 20.9 Å². The van der Waals surface area contributed by atoms with Gasteiger partial charge >= 0.3 is 6.03 Å². The third kappa shape index (κ3) is 4.84. The summed E-state index contributed by atoms with van der Waals surface area (Å²) in [5, 5.41) is 2.89. The summed E-state index contributed by atoms with van der Waals surface area (Å²) < 4.78 is 5.31. The van der Waals surface area contributed by atoms with Gasteiger partial charge in [0.05, 0.1) is 0 Å². The molecular weight excluding hydrogens is 204 g/mol. The van der Waals surface area contributed by atoms with Crippen LogP contribution in [0.25, 0.3) is 0 Å². The van der Waals surface area contributed by atoms with Crippen LogP contribution in [0, 0.1) is 5.92 Å². The Labute approximate surface area is 98.3 Å². The molecule has 1 rings (SSSR count). The van der Waals surface area contributed by atoms with E-state index in [2.05, 4.69) is 5.32 Å². The Hall–Kier alpha value is -0.770. The van der Waals surface area contributed by atoms with Gasteiger partial charge in [-0.15, -0.1) is 0 Å². The summed E-state index contributed by atoms with van der Waals surface area (Å²) in [7, 11) is 1.86. The number of rotatable bonds is 4. The van der Waals surface area contributed by atoms with Crippen molar-refractivity contribution >= 4 is 6.03 Å². The highest BCUT2D eigenvalue weighted by Gasteiger charge is 2.16. The highest BCUT2D eigenvalue weighted by molar-refractivity contribution is 5.74. The lowest BCUT2D eigenvalue weighted by Gasteiger charge is -2.25. The second-order valence-electron chi connectivity index (χ2n) is 4.87. The first kappa shape index (κ1) is 13.3. The van der Waals surface area contributed by atoms with Gasteiger partial charge < -0.3 is 15.0 Å². The van der Waals surface area contributed by atoms with Gasteiger partial charge in [0.25, 0.3) is 0 Å². The number of ether oxygens (including phenoxy) is 1. The zero-order valence-electron chi connectivity index (χ0n) is 10.7. The minimum atomic E-state index is 0.0297. The lowest BCUT2D eigenvalue weighted by Crippen LogP contribution is -2.41. The van der Waals surface area contributed by atoms with Crippen molar-refractivity contribution in [2.24, 2.45) is 5.92 Å². The zero-order chi connectivity index (χ0) is 12.0. The van der Waals surface area contributed by atoms with Crippen molar-refractivity contribution in [3.05, 3.63) is 0 Å². The molecule has 0 spiro atoms. The fraction of sp³-hybridized carbons (Fsp3) is 0.917. The third-order valence-corrected chi connectivity index (χ3v) is 2.97. The Morgan fingerprint density at radius 2 is 2.06 bits per heavy atom. The number of nitrogens with one attached hydrogen (secondary N) is 1. The third-order valence-electron chi connectivity index (χ3n) is 2.97. The van der Waals surface area contributed by atoms with Gasteiger partial charge in [-0.05, 0) is 39.0 Å². The Bertz CT molecular complexity index is 213. The van der Waals surface area contributed by atoms with Crippen LogP contribution in [0.3, 0.4) is 0 Å². The first-order valence-corrected chi connectivity index (χ1v) is 6.19. The Kier molecular flexibility index (Phi) is 5.60. The van der Waals surface area contributed by atoms with Crippen LogP contribution in [-0.2, 0) is 4.74 Å². The average molecular weight is 228 g/mol. The van der Waals surface area contributed by atoms with Crippen LogP contribution < -0.4 is 5.32 Å². The van der Waals surface area contributed by atoms with E-state index in [9.17, 15) is 4.79 Å². The van der Waals surface area contributed by atoms with Gasteiger partial charge in [-0.3, -0.25) is 0 Å². The lowest BCUT2D eigenvalue weighted by molar-refractivity contribution is 0.0619. The van der Waals surface area contributed by atoms with Crippen LogP contribution in [0.1, 0.15) is 33.1 Å². The predicted octanol–water partition coefficient (Wildman–Crippen LogP) is 1.85. The SMILES string of the molecule is CC(C)NC(=O)N(C)CCC1CCOCC1. The molecule has 0 aliphatic carbocycles. The molecule has 4 heteroatoms. The summed E-state index contributed by atoms with van der Waals surface area (Å²) in [5.74, 6) is 0.725. The molecule has 1 saturated heterocycles. The number of urea groups is 1.